The number of fused-ring (bicyclic) bond motifs is 1. The van der Waals surface area contributed by atoms with E-state index in [0.717, 1.165) is 17.4 Å². The summed E-state index contributed by atoms with van der Waals surface area (Å²) in [7, 11) is 1.78. The number of carbonyl (C=O) groups is 1. The molecule has 1 amide bonds. The fourth-order valence-electron chi connectivity index (χ4n) is 2.73. The Morgan fingerprint density at radius 2 is 2.24 bits per heavy atom. The lowest BCUT2D eigenvalue weighted by atomic mass is 10.2. The van der Waals surface area contributed by atoms with Gasteiger partial charge < -0.3 is 5.32 Å². The van der Waals surface area contributed by atoms with Gasteiger partial charge in [-0.1, -0.05) is 0 Å². The molecule has 0 aromatic carbocycles. The van der Waals surface area contributed by atoms with Crippen molar-refractivity contribution >= 4 is 11.6 Å². The van der Waals surface area contributed by atoms with Gasteiger partial charge in [0.25, 0.3) is 12.3 Å². The summed E-state index contributed by atoms with van der Waals surface area (Å²) in [5.74, 6) is -0.219. The first-order chi connectivity index (χ1) is 12.0. The smallest absolute Gasteiger partial charge is 0.280 e. The Morgan fingerprint density at radius 1 is 1.44 bits per heavy atom. The lowest BCUT2D eigenvalue weighted by molar-refractivity contribution is 0.0951. The Labute approximate surface area is 141 Å². The molecule has 3 aromatic rings. The van der Waals surface area contributed by atoms with E-state index in [2.05, 4.69) is 20.5 Å². The number of hydrogen-bond donors (Lipinski definition) is 1. The van der Waals surface area contributed by atoms with Gasteiger partial charge in [-0.05, 0) is 25.0 Å². The van der Waals surface area contributed by atoms with Crippen LogP contribution in [0.25, 0.3) is 5.65 Å². The molecule has 1 fully saturated rings. The summed E-state index contributed by atoms with van der Waals surface area (Å²) in [5, 5.41) is 10.8. The number of aromatic nitrogens is 5. The van der Waals surface area contributed by atoms with Gasteiger partial charge in [-0.15, -0.1) is 0 Å². The molecule has 3 aromatic heterocycles. The molecule has 0 atom stereocenters. The van der Waals surface area contributed by atoms with Crippen LogP contribution in [0.2, 0.25) is 0 Å². The highest BCUT2D eigenvalue weighted by Gasteiger charge is 2.29. The minimum Gasteiger partial charge on any atom is -0.346 e. The molecule has 0 spiro atoms. The average Bonchev–Trinajstić information content (AvgIpc) is 3.22. The van der Waals surface area contributed by atoms with E-state index in [4.69, 9.17) is 0 Å². The zero-order valence-electron chi connectivity index (χ0n) is 13.5. The molecule has 1 aliphatic carbocycles. The van der Waals surface area contributed by atoms with E-state index in [9.17, 15) is 13.6 Å². The Kier molecular flexibility index (Phi) is 3.70. The molecular weight excluding hydrogens is 330 g/mol. The fourth-order valence-corrected chi connectivity index (χ4v) is 2.73. The van der Waals surface area contributed by atoms with E-state index in [1.165, 1.54) is 12.3 Å². The highest BCUT2D eigenvalue weighted by molar-refractivity contribution is 5.99. The quantitative estimate of drug-likeness (QED) is 0.768. The number of hydrogen-bond acceptors (Lipinski definition) is 4. The highest BCUT2D eigenvalue weighted by atomic mass is 19.3. The Bertz CT molecular complexity index is 943. The normalized spacial score (nSPS) is 14.4. The van der Waals surface area contributed by atoms with Crippen molar-refractivity contribution in [1.82, 2.24) is 29.7 Å². The van der Waals surface area contributed by atoms with E-state index in [1.807, 2.05) is 0 Å². The van der Waals surface area contributed by atoms with Crippen molar-refractivity contribution in [2.24, 2.45) is 7.05 Å². The maximum atomic E-state index is 13.3. The molecule has 3 heterocycles. The Balaban J connectivity index is 1.65. The van der Waals surface area contributed by atoms with Crippen LogP contribution in [0.3, 0.4) is 0 Å². The zero-order valence-corrected chi connectivity index (χ0v) is 13.5. The molecule has 9 heteroatoms. The van der Waals surface area contributed by atoms with Crippen molar-refractivity contribution in [2.75, 3.05) is 0 Å². The summed E-state index contributed by atoms with van der Waals surface area (Å²) < 4.78 is 29.4. The molecule has 25 heavy (non-hydrogen) atoms. The SMILES string of the molecule is Cn1ccc(CNC(=O)c2cnn3c(C(F)F)cc(C4CC4)nc23)n1. The number of rotatable bonds is 5. The summed E-state index contributed by atoms with van der Waals surface area (Å²) in [6.07, 6.45) is 2.23. The van der Waals surface area contributed by atoms with Gasteiger partial charge >= 0.3 is 0 Å². The minimum atomic E-state index is -2.69. The van der Waals surface area contributed by atoms with Crippen LogP contribution in [0, 0.1) is 0 Å². The topological polar surface area (TPSA) is 77.1 Å². The standard InChI is InChI=1S/C16H16F2N6O/c1-23-5-4-10(22-23)7-19-16(25)11-8-20-24-13(14(17)18)6-12(9-2-3-9)21-15(11)24/h4-6,8-9,14H,2-3,7H2,1H3,(H,19,25). The molecule has 7 nitrogen and oxygen atoms in total. The van der Waals surface area contributed by atoms with Gasteiger partial charge in [0.1, 0.15) is 11.3 Å². The summed E-state index contributed by atoms with van der Waals surface area (Å²) in [6.45, 7) is 0.237. The molecule has 1 aliphatic rings. The van der Waals surface area contributed by atoms with E-state index < -0.39 is 12.3 Å². The van der Waals surface area contributed by atoms with E-state index in [-0.39, 0.29) is 29.4 Å². The molecule has 130 valence electrons. The third-order valence-corrected chi connectivity index (χ3v) is 4.18. The van der Waals surface area contributed by atoms with Gasteiger partial charge in [0, 0.05) is 24.9 Å². The third-order valence-electron chi connectivity index (χ3n) is 4.18. The number of carbonyl (C=O) groups excluding carboxylic acids is 1. The van der Waals surface area contributed by atoms with Gasteiger partial charge in [-0.2, -0.15) is 10.2 Å². The number of alkyl halides is 2. The first-order valence-electron chi connectivity index (χ1n) is 7.96. The predicted octanol–water partition coefficient (Wildman–Crippen LogP) is 2.21. The van der Waals surface area contributed by atoms with Crippen LogP contribution in [-0.4, -0.2) is 30.3 Å². The van der Waals surface area contributed by atoms with Gasteiger partial charge in [-0.3, -0.25) is 9.48 Å². The summed E-state index contributed by atoms with van der Waals surface area (Å²) >= 11 is 0. The molecule has 0 unspecified atom stereocenters. The average molecular weight is 346 g/mol. The number of nitrogens with zero attached hydrogens (tertiary/aromatic N) is 5. The number of aryl methyl sites for hydroxylation is 1. The fraction of sp³-hybridized carbons (Fsp3) is 0.375. The summed E-state index contributed by atoms with van der Waals surface area (Å²) in [5.41, 5.74) is 1.41. The van der Waals surface area contributed by atoms with Gasteiger partial charge in [0.05, 0.1) is 18.4 Å². The third kappa shape index (κ3) is 2.97. The van der Waals surface area contributed by atoms with Gasteiger partial charge in [0.2, 0.25) is 0 Å². The minimum absolute atomic E-state index is 0.165. The van der Waals surface area contributed by atoms with Crippen molar-refractivity contribution < 1.29 is 13.6 Å². The second-order valence-electron chi connectivity index (χ2n) is 6.14. The highest BCUT2D eigenvalue weighted by Crippen LogP contribution is 2.40. The molecule has 1 saturated carbocycles. The second-order valence-corrected chi connectivity index (χ2v) is 6.14. The van der Waals surface area contributed by atoms with E-state index >= 15 is 0 Å². The van der Waals surface area contributed by atoms with Crippen molar-refractivity contribution in [1.29, 1.82) is 0 Å². The van der Waals surface area contributed by atoms with Crippen molar-refractivity contribution in [3.05, 3.63) is 47.2 Å². The maximum absolute atomic E-state index is 13.3. The molecule has 4 rings (SSSR count). The number of halogens is 2. The van der Waals surface area contributed by atoms with Crippen molar-refractivity contribution in [3.8, 4) is 0 Å². The van der Waals surface area contributed by atoms with Crippen LogP contribution in [0.1, 0.15) is 52.6 Å². The summed E-state index contributed by atoms with van der Waals surface area (Å²) in [6, 6.07) is 3.17. The van der Waals surface area contributed by atoms with Crippen LogP contribution < -0.4 is 5.32 Å². The molecule has 0 radical (unpaired) electrons. The Hall–Kier alpha value is -2.84. The van der Waals surface area contributed by atoms with Gasteiger partial charge in [0.15, 0.2) is 5.65 Å². The molecule has 1 N–H and O–H groups in total. The number of nitrogens with one attached hydrogen (secondary N) is 1. The number of amides is 1. The van der Waals surface area contributed by atoms with Crippen LogP contribution in [0.15, 0.2) is 24.5 Å². The van der Waals surface area contributed by atoms with Crippen molar-refractivity contribution in [2.45, 2.75) is 31.7 Å². The monoisotopic (exact) mass is 346 g/mol. The van der Waals surface area contributed by atoms with Crippen LogP contribution in [0.5, 0.6) is 0 Å². The second kappa shape index (κ2) is 5.91. The lowest BCUT2D eigenvalue weighted by Crippen LogP contribution is -2.23. The largest absolute Gasteiger partial charge is 0.346 e. The first kappa shape index (κ1) is 15.7. The van der Waals surface area contributed by atoms with Crippen LogP contribution in [0.4, 0.5) is 8.78 Å². The molecular formula is C16H16F2N6O. The van der Waals surface area contributed by atoms with E-state index in [0.29, 0.717) is 11.4 Å². The van der Waals surface area contributed by atoms with Crippen molar-refractivity contribution in [3.63, 3.8) is 0 Å². The summed E-state index contributed by atoms with van der Waals surface area (Å²) in [4.78, 5) is 16.9. The van der Waals surface area contributed by atoms with Crippen LogP contribution in [-0.2, 0) is 13.6 Å². The molecule has 0 aliphatic heterocycles. The molecule has 0 saturated heterocycles. The molecule has 0 bridgehead atoms. The van der Waals surface area contributed by atoms with Gasteiger partial charge in [-0.25, -0.2) is 18.3 Å². The maximum Gasteiger partial charge on any atom is 0.280 e. The zero-order chi connectivity index (χ0) is 17.6. The van der Waals surface area contributed by atoms with Crippen LogP contribution >= 0.6 is 0 Å². The first-order valence-corrected chi connectivity index (χ1v) is 7.96. The lowest BCUT2D eigenvalue weighted by Gasteiger charge is -2.07. The van der Waals surface area contributed by atoms with E-state index in [1.54, 1.807) is 24.0 Å². The predicted molar refractivity (Wildman–Crippen MR) is 84.3 cm³/mol. The Morgan fingerprint density at radius 3 is 2.88 bits per heavy atom.